The predicted molar refractivity (Wildman–Crippen MR) is 71.3 cm³/mol. The number of hydrogen-bond donors (Lipinski definition) is 1. The van der Waals surface area contributed by atoms with E-state index in [0.29, 0.717) is 11.1 Å². The van der Waals surface area contributed by atoms with Crippen LogP contribution >= 0.6 is 0 Å². The van der Waals surface area contributed by atoms with Crippen molar-refractivity contribution < 1.29 is 18.0 Å². The summed E-state index contributed by atoms with van der Waals surface area (Å²) in [6, 6.07) is 7.06. The first kappa shape index (κ1) is 14.8. The quantitative estimate of drug-likeness (QED) is 0.944. The van der Waals surface area contributed by atoms with Crippen LogP contribution in [0, 0.1) is 0 Å². The summed E-state index contributed by atoms with van der Waals surface area (Å²) in [5, 5.41) is 5.57. The number of halogens is 3. The molecule has 1 N–H and O–H groups in total. The van der Waals surface area contributed by atoms with Gasteiger partial charge in [0.25, 0.3) is 5.91 Å². The molecular formula is C14H12F3N3O. The van der Waals surface area contributed by atoms with Crippen LogP contribution in [0.15, 0.2) is 43.1 Å². The lowest BCUT2D eigenvalue weighted by Crippen LogP contribution is -2.20. The van der Waals surface area contributed by atoms with E-state index in [4.69, 9.17) is 0 Å². The van der Waals surface area contributed by atoms with Crippen molar-refractivity contribution in [1.82, 2.24) is 15.1 Å². The van der Waals surface area contributed by atoms with E-state index in [1.165, 1.54) is 23.2 Å². The molecule has 1 aromatic heterocycles. The summed E-state index contributed by atoms with van der Waals surface area (Å²) in [6.07, 6.45) is -3.09. The van der Waals surface area contributed by atoms with Crippen LogP contribution in [0.2, 0.25) is 0 Å². The van der Waals surface area contributed by atoms with Crippen molar-refractivity contribution in [3.8, 4) is 11.3 Å². The molecule has 0 spiro atoms. The first-order valence-electron chi connectivity index (χ1n) is 5.95. The Bertz CT molecular complexity index is 659. The van der Waals surface area contributed by atoms with Gasteiger partial charge in [0.1, 0.15) is 5.69 Å². The molecule has 110 valence electrons. The Morgan fingerprint density at radius 1 is 1.33 bits per heavy atom. The third-order valence-corrected chi connectivity index (χ3v) is 2.91. The van der Waals surface area contributed by atoms with E-state index in [9.17, 15) is 18.0 Å². The number of aromatic amines is 1. The van der Waals surface area contributed by atoms with E-state index < -0.39 is 11.9 Å². The van der Waals surface area contributed by atoms with Crippen LogP contribution in [-0.2, 0) is 6.18 Å². The maximum atomic E-state index is 12.5. The van der Waals surface area contributed by atoms with Crippen molar-refractivity contribution in [2.45, 2.75) is 6.18 Å². The third kappa shape index (κ3) is 3.13. The van der Waals surface area contributed by atoms with Crippen LogP contribution in [0.1, 0.15) is 16.1 Å². The number of carbonyl (C=O) groups excluding carboxylic acids is 1. The fourth-order valence-electron chi connectivity index (χ4n) is 1.68. The highest BCUT2D eigenvalue weighted by molar-refractivity contribution is 5.95. The van der Waals surface area contributed by atoms with E-state index in [1.54, 1.807) is 19.2 Å². The lowest BCUT2D eigenvalue weighted by molar-refractivity contribution is -0.141. The van der Waals surface area contributed by atoms with Crippen LogP contribution in [0.25, 0.3) is 11.3 Å². The van der Waals surface area contributed by atoms with Crippen molar-refractivity contribution in [3.63, 3.8) is 0 Å². The second kappa shape index (κ2) is 5.43. The van der Waals surface area contributed by atoms with Crippen LogP contribution in [-0.4, -0.2) is 28.1 Å². The standard InChI is InChI=1S/C14H12F3N3O/c1-3-20(2)13(21)10-6-4-9(5-7-10)11-8-12(19-18-11)14(15,16)17/h3-8H,1H2,2H3,(H,18,19). The first-order chi connectivity index (χ1) is 9.82. The Balaban J connectivity index is 2.25. The minimum Gasteiger partial charge on any atom is -0.319 e. The molecule has 0 aliphatic carbocycles. The number of nitrogens with one attached hydrogen (secondary N) is 1. The van der Waals surface area contributed by atoms with Crippen LogP contribution in [0.3, 0.4) is 0 Å². The molecule has 2 aromatic rings. The first-order valence-corrected chi connectivity index (χ1v) is 5.95. The molecule has 0 unspecified atom stereocenters. The summed E-state index contributed by atoms with van der Waals surface area (Å²) in [5.41, 5.74) is 0.148. The number of carbonyl (C=O) groups is 1. The van der Waals surface area contributed by atoms with E-state index in [2.05, 4.69) is 11.7 Å². The number of rotatable bonds is 3. The van der Waals surface area contributed by atoms with Crippen LogP contribution in [0.5, 0.6) is 0 Å². The molecule has 0 aliphatic rings. The smallest absolute Gasteiger partial charge is 0.319 e. The highest BCUT2D eigenvalue weighted by Gasteiger charge is 2.33. The average molecular weight is 295 g/mol. The molecule has 1 heterocycles. The fraction of sp³-hybridized carbons (Fsp3) is 0.143. The van der Waals surface area contributed by atoms with Gasteiger partial charge in [0.2, 0.25) is 0 Å². The van der Waals surface area contributed by atoms with Gasteiger partial charge >= 0.3 is 6.18 Å². The second-order valence-corrected chi connectivity index (χ2v) is 4.34. The largest absolute Gasteiger partial charge is 0.432 e. The second-order valence-electron chi connectivity index (χ2n) is 4.34. The number of aromatic nitrogens is 2. The van der Waals surface area contributed by atoms with Gasteiger partial charge < -0.3 is 4.90 Å². The maximum absolute atomic E-state index is 12.5. The number of benzene rings is 1. The molecule has 4 nitrogen and oxygen atoms in total. The van der Waals surface area contributed by atoms with Gasteiger partial charge in [-0.3, -0.25) is 9.89 Å². The minimum absolute atomic E-state index is 0.165. The normalized spacial score (nSPS) is 11.2. The lowest BCUT2D eigenvalue weighted by atomic mass is 10.1. The number of H-pyrrole nitrogens is 1. The van der Waals surface area contributed by atoms with Gasteiger partial charge in [0, 0.05) is 18.2 Å². The molecule has 21 heavy (non-hydrogen) atoms. The van der Waals surface area contributed by atoms with Gasteiger partial charge in [0.15, 0.2) is 0 Å². The Kier molecular flexibility index (Phi) is 3.84. The molecule has 1 amide bonds. The maximum Gasteiger partial charge on any atom is 0.432 e. The lowest BCUT2D eigenvalue weighted by Gasteiger charge is -2.11. The van der Waals surface area contributed by atoms with E-state index in [0.717, 1.165) is 6.07 Å². The van der Waals surface area contributed by atoms with Crippen molar-refractivity contribution in [1.29, 1.82) is 0 Å². The van der Waals surface area contributed by atoms with Gasteiger partial charge in [-0.15, -0.1) is 0 Å². The SMILES string of the molecule is C=CN(C)C(=O)c1ccc(-c2cc(C(F)(F)F)[nH]n2)cc1. The zero-order valence-corrected chi connectivity index (χ0v) is 11.1. The molecule has 0 fully saturated rings. The topological polar surface area (TPSA) is 49.0 Å². The van der Waals surface area contributed by atoms with Crippen molar-refractivity contribution in [2.75, 3.05) is 7.05 Å². The molecular weight excluding hydrogens is 283 g/mol. The van der Waals surface area contributed by atoms with Gasteiger partial charge in [-0.05, 0) is 24.4 Å². The van der Waals surface area contributed by atoms with Crippen molar-refractivity contribution in [3.05, 3.63) is 54.4 Å². The molecule has 1 aromatic carbocycles. The third-order valence-electron chi connectivity index (χ3n) is 2.91. The van der Waals surface area contributed by atoms with Gasteiger partial charge in [-0.1, -0.05) is 18.7 Å². The van der Waals surface area contributed by atoms with E-state index >= 15 is 0 Å². The molecule has 0 saturated carbocycles. The summed E-state index contributed by atoms with van der Waals surface area (Å²) in [5.74, 6) is -0.255. The molecule has 0 radical (unpaired) electrons. The zero-order chi connectivity index (χ0) is 15.6. The molecule has 0 saturated heterocycles. The summed E-state index contributed by atoms with van der Waals surface area (Å²) >= 11 is 0. The number of alkyl halides is 3. The molecule has 0 bridgehead atoms. The molecule has 0 aliphatic heterocycles. The number of amides is 1. The Labute approximate surface area is 118 Å². The predicted octanol–water partition coefficient (Wildman–Crippen LogP) is 3.31. The van der Waals surface area contributed by atoms with Crippen molar-refractivity contribution in [2.24, 2.45) is 0 Å². The Hall–Kier alpha value is -2.57. The molecule has 2 rings (SSSR count). The molecule has 7 heteroatoms. The summed E-state index contributed by atoms with van der Waals surface area (Å²) in [6.45, 7) is 3.48. The molecule has 0 atom stereocenters. The zero-order valence-electron chi connectivity index (χ0n) is 11.1. The number of hydrogen-bond acceptors (Lipinski definition) is 2. The fourth-order valence-corrected chi connectivity index (χ4v) is 1.68. The van der Waals surface area contributed by atoms with Crippen molar-refractivity contribution >= 4 is 5.91 Å². The minimum atomic E-state index is -4.46. The highest BCUT2D eigenvalue weighted by atomic mass is 19.4. The van der Waals surface area contributed by atoms with E-state index in [1.807, 2.05) is 5.10 Å². The summed E-state index contributed by atoms with van der Waals surface area (Å²) in [7, 11) is 1.56. The van der Waals surface area contributed by atoms with Crippen LogP contribution < -0.4 is 0 Å². The highest BCUT2D eigenvalue weighted by Crippen LogP contribution is 2.30. The van der Waals surface area contributed by atoms with Gasteiger partial charge in [-0.2, -0.15) is 18.3 Å². The van der Waals surface area contributed by atoms with Gasteiger partial charge in [0.05, 0.1) is 5.69 Å². The summed E-state index contributed by atoms with van der Waals surface area (Å²) in [4.78, 5) is 13.2. The Morgan fingerprint density at radius 3 is 2.43 bits per heavy atom. The summed E-state index contributed by atoms with van der Waals surface area (Å²) < 4.78 is 37.5. The van der Waals surface area contributed by atoms with E-state index in [-0.39, 0.29) is 11.6 Å². The average Bonchev–Trinajstić information content (AvgIpc) is 2.95. The number of nitrogens with zero attached hydrogens (tertiary/aromatic N) is 2. The van der Waals surface area contributed by atoms with Crippen LogP contribution in [0.4, 0.5) is 13.2 Å². The Morgan fingerprint density at radius 2 is 1.95 bits per heavy atom. The monoisotopic (exact) mass is 295 g/mol. The van der Waals surface area contributed by atoms with Gasteiger partial charge in [-0.25, -0.2) is 0 Å².